The summed E-state index contributed by atoms with van der Waals surface area (Å²) in [6.07, 6.45) is 2.90. The summed E-state index contributed by atoms with van der Waals surface area (Å²) in [6, 6.07) is 14.3. The Bertz CT molecular complexity index is 1190. The van der Waals surface area contributed by atoms with Gasteiger partial charge in [0.2, 0.25) is 15.9 Å². The molecule has 0 aromatic carbocycles. The zero-order valence-electron chi connectivity index (χ0n) is 17.1. The second-order valence-electron chi connectivity index (χ2n) is 7.87. The molecule has 0 bridgehead atoms. The van der Waals surface area contributed by atoms with E-state index in [0.717, 1.165) is 11.4 Å². The van der Waals surface area contributed by atoms with Crippen LogP contribution in [0.4, 0.5) is 0 Å². The minimum absolute atomic E-state index is 0.104. The molecular weight excluding hydrogens is 414 g/mol. The Kier molecular flexibility index (Phi) is 5.17. The van der Waals surface area contributed by atoms with Crippen molar-refractivity contribution in [1.82, 2.24) is 24.2 Å². The highest BCUT2D eigenvalue weighted by molar-refractivity contribution is 7.89. The molecule has 2 atom stereocenters. The molecule has 3 aromatic heterocycles. The number of hydrogen-bond acceptors (Lipinski definition) is 7. The van der Waals surface area contributed by atoms with Gasteiger partial charge in [-0.1, -0.05) is 12.1 Å². The predicted octanol–water partition coefficient (Wildman–Crippen LogP) is 2.02. The van der Waals surface area contributed by atoms with Crippen LogP contribution in [0.1, 0.15) is 17.1 Å². The van der Waals surface area contributed by atoms with Crippen molar-refractivity contribution in [1.29, 1.82) is 0 Å². The van der Waals surface area contributed by atoms with E-state index in [-0.39, 0.29) is 29.5 Å². The van der Waals surface area contributed by atoms with Crippen molar-refractivity contribution in [2.45, 2.75) is 37.1 Å². The van der Waals surface area contributed by atoms with Gasteiger partial charge in [0.1, 0.15) is 11.0 Å². The van der Waals surface area contributed by atoms with Gasteiger partial charge in [-0.15, -0.1) is 0 Å². The molecule has 0 unspecified atom stereocenters. The SMILES string of the molecule is Cc1cccc(CN2C[C@@H]3[C@@H](C2)Oc2ncccc2S(=O)(=O)N3Cc2ccccn2)n1. The molecule has 1 fully saturated rings. The van der Waals surface area contributed by atoms with Gasteiger partial charge in [-0.05, 0) is 43.3 Å². The number of aromatic nitrogens is 3. The van der Waals surface area contributed by atoms with Crippen LogP contribution in [0.5, 0.6) is 5.88 Å². The molecule has 2 aliphatic heterocycles. The minimum Gasteiger partial charge on any atom is -0.470 e. The van der Waals surface area contributed by atoms with Gasteiger partial charge in [0.05, 0.1) is 24.0 Å². The van der Waals surface area contributed by atoms with Crippen LogP contribution in [0, 0.1) is 6.92 Å². The highest BCUT2D eigenvalue weighted by Crippen LogP contribution is 2.35. The molecule has 8 nitrogen and oxygen atoms in total. The van der Waals surface area contributed by atoms with Gasteiger partial charge < -0.3 is 4.74 Å². The zero-order chi connectivity index (χ0) is 21.4. The first-order valence-electron chi connectivity index (χ1n) is 10.2. The molecule has 5 rings (SSSR count). The molecule has 160 valence electrons. The molecule has 0 spiro atoms. The molecule has 0 aliphatic carbocycles. The molecular formula is C22H23N5O3S. The van der Waals surface area contributed by atoms with Crippen LogP contribution in [0.3, 0.4) is 0 Å². The largest absolute Gasteiger partial charge is 0.470 e. The van der Waals surface area contributed by atoms with Crippen LogP contribution in [0.15, 0.2) is 65.8 Å². The van der Waals surface area contributed by atoms with E-state index in [0.29, 0.717) is 25.3 Å². The fourth-order valence-electron chi connectivity index (χ4n) is 4.23. The third-order valence-electron chi connectivity index (χ3n) is 5.64. The third kappa shape index (κ3) is 3.91. The number of likely N-dealkylation sites (tertiary alicyclic amines) is 1. The fourth-order valence-corrected chi connectivity index (χ4v) is 5.92. The van der Waals surface area contributed by atoms with Crippen LogP contribution in [-0.2, 0) is 23.1 Å². The minimum atomic E-state index is -3.81. The summed E-state index contributed by atoms with van der Waals surface area (Å²) in [5, 5.41) is 0. The van der Waals surface area contributed by atoms with E-state index in [4.69, 9.17) is 4.74 Å². The number of fused-ring (bicyclic) bond motifs is 2. The molecule has 3 aromatic rings. The van der Waals surface area contributed by atoms with Gasteiger partial charge >= 0.3 is 0 Å². The van der Waals surface area contributed by atoms with E-state index < -0.39 is 10.0 Å². The fraction of sp³-hybridized carbons (Fsp3) is 0.318. The normalized spacial score (nSPS) is 22.9. The van der Waals surface area contributed by atoms with Crippen LogP contribution in [-0.4, -0.2) is 57.8 Å². The molecule has 31 heavy (non-hydrogen) atoms. The van der Waals surface area contributed by atoms with E-state index in [1.54, 1.807) is 24.5 Å². The molecule has 1 saturated heterocycles. The van der Waals surface area contributed by atoms with Crippen LogP contribution in [0.25, 0.3) is 0 Å². The van der Waals surface area contributed by atoms with Gasteiger partial charge in [-0.3, -0.25) is 14.9 Å². The molecule has 5 heterocycles. The van der Waals surface area contributed by atoms with Crippen molar-refractivity contribution >= 4 is 10.0 Å². The highest BCUT2D eigenvalue weighted by atomic mass is 32.2. The van der Waals surface area contributed by atoms with Crippen molar-refractivity contribution in [3.05, 3.63) is 78.0 Å². The first kappa shape index (κ1) is 20.0. The summed E-state index contributed by atoms with van der Waals surface area (Å²) in [5.74, 6) is 0.163. The number of hydrogen-bond donors (Lipinski definition) is 0. The van der Waals surface area contributed by atoms with Gasteiger partial charge in [0, 0.05) is 37.7 Å². The number of pyridine rings is 3. The van der Waals surface area contributed by atoms with E-state index in [9.17, 15) is 8.42 Å². The summed E-state index contributed by atoms with van der Waals surface area (Å²) in [7, 11) is -3.81. The van der Waals surface area contributed by atoms with Crippen LogP contribution >= 0.6 is 0 Å². The Labute approximate surface area is 181 Å². The highest BCUT2D eigenvalue weighted by Gasteiger charge is 2.47. The van der Waals surface area contributed by atoms with Gasteiger partial charge in [-0.2, -0.15) is 4.31 Å². The second-order valence-corrected chi connectivity index (χ2v) is 9.73. The third-order valence-corrected chi connectivity index (χ3v) is 7.53. The molecule has 2 aliphatic rings. The Morgan fingerprint density at radius 2 is 1.81 bits per heavy atom. The van der Waals surface area contributed by atoms with Crippen LogP contribution < -0.4 is 4.74 Å². The van der Waals surface area contributed by atoms with E-state index in [2.05, 4.69) is 19.9 Å². The van der Waals surface area contributed by atoms with Gasteiger partial charge in [0.25, 0.3) is 0 Å². The lowest BCUT2D eigenvalue weighted by atomic mass is 10.2. The summed E-state index contributed by atoms with van der Waals surface area (Å²) in [5.41, 5.74) is 2.60. The quantitative estimate of drug-likeness (QED) is 0.617. The van der Waals surface area contributed by atoms with Crippen molar-refractivity contribution in [3.8, 4) is 5.88 Å². The summed E-state index contributed by atoms with van der Waals surface area (Å²) >= 11 is 0. The van der Waals surface area contributed by atoms with E-state index >= 15 is 0 Å². The van der Waals surface area contributed by atoms with E-state index in [1.165, 1.54) is 4.31 Å². The van der Waals surface area contributed by atoms with Crippen molar-refractivity contribution in [2.75, 3.05) is 13.1 Å². The summed E-state index contributed by atoms with van der Waals surface area (Å²) in [6.45, 7) is 3.90. The first-order valence-corrected chi connectivity index (χ1v) is 11.6. The molecule has 0 radical (unpaired) electrons. The molecule has 0 N–H and O–H groups in total. The smallest absolute Gasteiger partial charge is 0.249 e. The topological polar surface area (TPSA) is 88.5 Å². The summed E-state index contributed by atoms with van der Waals surface area (Å²) in [4.78, 5) is 15.4. The standard InChI is InChI=1S/C22H23N5O3S/c1-16-6-4-8-18(25-16)12-26-14-19-20(15-26)30-22-21(9-5-11-24-22)31(28,29)27(19)13-17-7-2-3-10-23-17/h2-11,19-20H,12-15H2,1H3/t19-,20-/m1/s1. The number of rotatable bonds is 4. The zero-order valence-corrected chi connectivity index (χ0v) is 17.9. The number of ether oxygens (including phenoxy) is 1. The van der Waals surface area contributed by atoms with Crippen molar-refractivity contribution in [2.24, 2.45) is 0 Å². The molecule has 0 amide bonds. The lowest BCUT2D eigenvalue weighted by molar-refractivity contribution is 0.143. The number of aryl methyl sites for hydroxylation is 1. The Morgan fingerprint density at radius 3 is 2.61 bits per heavy atom. The second kappa shape index (κ2) is 7.99. The Hall–Kier alpha value is -2.88. The first-order chi connectivity index (χ1) is 15.0. The maximum atomic E-state index is 13.6. The average Bonchev–Trinajstić information content (AvgIpc) is 3.11. The Morgan fingerprint density at radius 1 is 0.968 bits per heavy atom. The Balaban J connectivity index is 1.50. The molecule has 9 heteroatoms. The lowest BCUT2D eigenvalue weighted by Crippen LogP contribution is -2.46. The average molecular weight is 438 g/mol. The van der Waals surface area contributed by atoms with Crippen molar-refractivity contribution < 1.29 is 13.2 Å². The lowest BCUT2D eigenvalue weighted by Gasteiger charge is -2.27. The number of sulfonamides is 1. The molecule has 0 saturated carbocycles. The maximum absolute atomic E-state index is 13.6. The van der Waals surface area contributed by atoms with Gasteiger partial charge in [-0.25, -0.2) is 13.4 Å². The van der Waals surface area contributed by atoms with Crippen LogP contribution in [0.2, 0.25) is 0 Å². The predicted molar refractivity (Wildman–Crippen MR) is 114 cm³/mol. The van der Waals surface area contributed by atoms with Gasteiger partial charge in [0.15, 0.2) is 0 Å². The summed E-state index contributed by atoms with van der Waals surface area (Å²) < 4.78 is 34.9. The number of nitrogens with zero attached hydrogens (tertiary/aromatic N) is 5. The maximum Gasteiger partial charge on any atom is 0.249 e. The van der Waals surface area contributed by atoms with Crippen molar-refractivity contribution in [3.63, 3.8) is 0 Å². The van der Waals surface area contributed by atoms with E-state index in [1.807, 2.05) is 43.3 Å². The monoisotopic (exact) mass is 437 g/mol.